The average Bonchev–Trinajstić information content (AvgIpc) is 3.19. The molecule has 35 heavy (non-hydrogen) atoms. The van der Waals surface area contributed by atoms with Crippen LogP contribution in [-0.2, 0) is 4.79 Å². The number of hydrogen-bond acceptors (Lipinski definition) is 7. The molecule has 1 atom stereocenters. The molecule has 1 N–H and O–H groups in total. The van der Waals surface area contributed by atoms with Crippen molar-refractivity contribution in [3.05, 3.63) is 69.3 Å². The molecular formula is C26H23N3O4S2. The van der Waals surface area contributed by atoms with Crippen molar-refractivity contribution in [1.29, 1.82) is 0 Å². The lowest BCUT2D eigenvalue weighted by Gasteiger charge is -2.28. The lowest BCUT2D eigenvalue weighted by molar-refractivity contribution is -0.121. The number of ether oxygens (including phenoxy) is 1. The van der Waals surface area contributed by atoms with E-state index in [1.165, 1.54) is 23.1 Å². The van der Waals surface area contributed by atoms with Gasteiger partial charge in [-0.3, -0.25) is 14.4 Å². The number of hydrogen-bond donors (Lipinski definition) is 1. The summed E-state index contributed by atoms with van der Waals surface area (Å²) in [6, 6.07) is 14.9. The van der Waals surface area contributed by atoms with Crippen LogP contribution in [0.4, 0.5) is 5.69 Å². The number of anilines is 1. The molecule has 178 valence electrons. The summed E-state index contributed by atoms with van der Waals surface area (Å²) in [5.41, 5.74) is 2.72. The molecule has 5 rings (SSSR count). The van der Waals surface area contributed by atoms with Crippen LogP contribution in [0.5, 0.6) is 5.75 Å². The molecule has 0 aliphatic carbocycles. The number of aromatic nitrogens is 2. The second-order valence-corrected chi connectivity index (χ2v) is 10.7. The lowest BCUT2D eigenvalue weighted by atomic mass is 10.0. The number of ketones is 1. The molecule has 7 nitrogen and oxygen atoms in total. The minimum atomic E-state index is -0.501. The van der Waals surface area contributed by atoms with Crippen LogP contribution in [0.1, 0.15) is 29.1 Å². The van der Waals surface area contributed by atoms with E-state index in [2.05, 4.69) is 9.97 Å². The summed E-state index contributed by atoms with van der Waals surface area (Å²) in [5, 5.41) is 0.468. The average molecular weight is 506 g/mol. The molecule has 1 aliphatic heterocycles. The number of aryl methyl sites for hydroxylation is 1. The highest BCUT2D eigenvalue weighted by molar-refractivity contribution is 8.00. The van der Waals surface area contributed by atoms with Crippen LogP contribution in [0.15, 0.2) is 58.5 Å². The van der Waals surface area contributed by atoms with E-state index in [0.29, 0.717) is 38.9 Å². The smallest absolute Gasteiger partial charge is 0.265 e. The first kappa shape index (κ1) is 23.3. The first-order valence-corrected chi connectivity index (χ1v) is 12.9. The molecule has 1 amide bonds. The first-order chi connectivity index (χ1) is 16.9. The Morgan fingerprint density at radius 3 is 2.74 bits per heavy atom. The number of thioether (sulfide) groups is 1. The van der Waals surface area contributed by atoms with Gasteiger partial charge in [0.05, 0.1) is 16.3 Å². The minimum absolute atomic E-state index is 0.00389. The number of amides is 1. The van der Waals surface area contributed by atoms with Crippen molar-refractivity contribution < 1.29 is 14.3 Å². The molecule has 0 saturated heterocycles. The maximum atomic E-state index is 13.2. The molecule has 0 bridgehead atoms. The normalized spacial score (nSPS) is 14.0. The van der Waals surface area contributed by atoms with Gasteiger partial charge in [0.1, 0.15) is 10.6 Å². The van der Waals surface area contributed by atoms with Crippen molar-refractivity contribution in [3.63, 3.8) is 0 Å². The summed E-state index contributed by atoms with van der Waals surface area (Å²) in [4.78, 5) is 49.2. The Balaban J connectivity index is 1.43. The molecular weight excluding hydrogens is 482 g/mol. The number of aromatic amines is 1. The molecule has 9 heteroatoms. The number of thiophene rings is 1. The SMILES string of the molecule is CCN1C(=O)COc2ccc(C(=O)C(C)Sc3nc4sc(C)c(-c5ccccc5)c4c(=O)[nH]3)cc21. The van der Waals surface area contributed by atoms with Gasteiger partial charge in [-0.25, -0.2) is 4.98 Å². The zero-order chi connectivity index (χ0) is 24.7. The predicted octanol–water partition coefficient (Wildman–Crippen LogP) is 5.07. The number of Topliss-reactive ketones (excluding diaryl/α,β-unsaturated/α-hetero) is 1. The second kappa shape index (κ2) is 9.31. The molecule has 3 heterocycles. The van der Waals surface area contributed by atoms with E-state index >= 15 is 0 Å². The lowest BCUT2D eigenvalue weighted by Crippen LogP contribution is -2.38. The monoisotopic (exact) mass is 505 g/mol. The number of H-pyrrole nitrogens is 1. The van der Waals surface area contributed by atoms with Crippen LogP contribution in [0.25, 0.3) is 21.3 Å². The Kier molecular flexibility index (Phi) is 6.21. The Morgan fingerprint density at radius 1 is 1.23 bits per heavy atom. The molecule has 0 radical (unpaired) electrons. The van der Waals surface area contributed by atoms with E-state index in [1.54, 1.807) is 30.0 Å². The number of nitrogens with one attached hydrogen (secondary N) is 1. The van der Waals surface area contributed by atoms with Gasteiger partial charge in [0.25, 0.3) is 11.5 Å². The highest BCUT2D eigenvalue weighted by Crippen LogP contribution is 2.37. The summed E-state index contributed by atoms with van der Waals surface area (Å²) in [5.74, 6) is 0.326. The van der Waals surface area contributed by atoms with Gasteiger partial charge in [-0.15, -0.1) is 11.3 Å². The molecule has 2 aromatic heterocycles. The highest BCUT2D eigenvalue weighted by atomic mass is 32.2. The summed E-state index contributed by atoms with van der Waals surface area (Å²) in [6.45, 7) is 6.14. The fourth-order valence-corrected chi connectivity index (χ4v) is 6.24. The second-order valence-electron chi connectivity index (χ2n) is 8.18. The van der Waals surface area contributed by atoms with E-state index in [9.17, 15) is 14.4 Å². The van der Waals surface area contributed by atoms with E-state index in [4.69, 9.17) is 4.74 Å². The van der Waals surface area contributed by atoms with Crippen LogP contribution in [0.2, 0.25) is 0 Å². The zero-order valence-corrected chi connectivity index (χ0v) is 21.1. The molecule has 0 fully saturated rings. The molecule has 1 aliphatic rings. The molecule has 0 spiro atoms. The van der Waals surface area contributed by atoms with Crippen molar-refractivity contribution in [2.45, 2.75) is 31.2 Å². The molecule has 1 unspecified atom stereocenters. The third-order valence-electron chi connectivity index (χ3n) is 5.94. The topological polar surface area (TPSA) is 92.4 Å². The Bertz CT molecular complexity index is 1510. The summed E-state index contributed by atoms with van der Waals surface area (Å²) in [7, 11) is 0. The van der Waals surface area contributed by atoms with E-state index in [0.717, 1.165) is 16.0 Å². The van der Waals surface area contributed by atoms with Gasteiger partial charge < -0.3 is 14.6 Å². The van der Waals surface area contributed by atoms with Crippen LogP contribution in [0, 0.1) is 6.92 Å². The fourth-order valence-electron chi connectivity index (χ4n) is 4.27. The van der Waals surface area contributed by atoms with Crippen LogP contribution >= 0.6 is 23.1 Å². The largest absolute Gasteiger partial charge is 0.482 e. The molecule has 2 aromatic carbocycles. The summed E-state index contributed by atoms with van der Waals surface area (Å²) < 4.78 is 5.50. The van der Waals surface area contributed by atoms with Gasteiger partial charge in [0.15, 0.2) is 17.5 Å². The van der Waals surface area contributed by atoms with Crippen molar-refractivity contribution in [1.82, 2.24) is 9.97 Å². The van der Waals surface area contributed by atoms with Crippen LogP contribution in [0.3, 0.4) is 0 Å². The minimum Gasteiger partial charge on any atom is -0.482 e. The highest BCUT2D eigenvalue weighted by Gasteiger charge is 2.27. The first-order valence-electron chi connectivity index (χ1n) is 11.2. The summed E-state index contributed by atoms with van der Waals surface area (Å²) >= 11 is 2.68. The Labute approximate surface area is 210 Å². The van der Waals surface area contributed by atoms with E-state index in [1.807, 2.05) is 44.2 Å². The van der Waals surface area contributed by atoms with Crippen LogP contribution in [-0.4, -0.2) is 40.1 Å². The maximum Gasteiger partial charge on any atom is 0.265 e. The van der Waals surface area contributed by atoms with Gasteiger partial charge >= 0.3 is 0 Å². The van der Waals surface area contributed by atoms with Gasteiger partial charge in [-0.2, -0.15) is 0 Å². The number of carbonyl (C=O) groups excluding carboxylic acids is 2. The fraction of sp³-hybridized carbons (Fsp3) is 0.231. The number of nitrogens with zero attached hydrogens (tertiary/aromatic N) is 2. The van der Waals surface area contributed by atoms with Crippen molar-refractivity contribution in [2.75, 3.05) is 18.1 Å². The predicted molar refractivity (Wildman–Crippen MR) is 140 cm³/mol. The maximum absolute atomic E-state index is 13.2. The number of likely N-dealkylation sites (N-methyl/N-ethyl adjacent to an activating group) is 1. The van der Waals surface area contributed by atoms with Gasteiger partial charge in [0.2, 0.25) is 0 Å². The standard InChI is InChI=1S/C26H23N3O4S2/c1-4-29-18-12-17(10-11-19(18)33-13-20(29)30)23(31)15(3)35-26-27-24(32)22-21(14(2)34-25(22)28-26)16-8-6-5-7-9-16/h5-12,15H,4,13H2,1-3H3,(H,27,28,32). The Hall–Kier alpha value is -3.43. The van der Waals surface area contributed by atoms with Crippen molar-refractivity contribution in [3.8, 4) is 16.9 Å². The van der Waals surface area contributed by atoms with E-state index in [-0.39, 0.29) is 23.9 Å². The molecule has 0 saturated carbocycles. The zero-order valence-electron chi connectivity index (χ0n) is 19.5. The summed E-state index contributed by atoms with van der Waals surface area (Å²) in [6.07, 6.45) is 0. The van der Waals surface area contributed by atoms with Gasteiger partial charge in [-0.1, -0.05) is 42.1 Å². The number of rotatable bonds is 6. The van der Waals surface area contributed by atoms with Crippen LogP contribution < -0.4 is 15.2 Å². The third kappa shape index (κ3) is 4.26. The van der Waals surface area contributed by atoms with E-state index < -0.39 is 5.25 Å². The van der Waals surface area contributed by atoms with Crippen molar-refractivity contribution >= 4 is 50.7 Å². The number of carbonyl (C=O) groups is 2. The third-order valence-corrected chi connectivity index (χ3v) is 7.92. The Morgan fingerprint density at radius 2 is 2.00 bits per heavy atom. The number of benzene rings is 2. The quantitative estimate of drug-likeness (QED) is 0.223. The molecule has 4 aromatic rings. The van der Waals surface area contributed by atoms with Gasteiger partial charge in [-0.05, 0) is 44.5 Å². The van der Waals surface area contributed by atoms with Gasteiger partial charge in [0, 0.05) is 22.5 Å². The number of fused-ring (bicyclic) bond motifs is 2. The van der Waals surface area contributed by atoms with Crippen molar-refractivity contribution in [2.24, 2.45) is 0 Å².